The molecule has 1 spiro atoms. The largest absolute Gasteiger partial charge is 0.492 e. The molecule has 0 bridgehead atoms. The van der Waals surface area contributed by atoms with Gasteiger partial charge in [0.2, 0.25) is 0 Å². The molecule has 2 aromatic rings. The predicted octanol–water partition coefficient (Wildman–Crippen LogP) is 5.38. The third kappa shape index (κ3) is 5.38. The Morgan fingerprint density at radius 1 is 1.16 bits per heavy atom. The second-order valence-electron chi connectivity index (χ2n) is 9.79. The highest BCUT2D eigenvalue weighted by Gasteiger charge is 2.43. The highest BCUT2D eigenvalue weighted by molar-refractivity contribution is 6.31. The molecule has 0 aliphatic carbocycles. The number of hydrogen-bond donors (Lipinski definition) is 0. The van der Waals surface area contributed by atoms with Crippen molar-refractivity contribution < 1.29 is 19.0 Å². The van der Waals surface area contributed by atoms with E-state index < -0.39 is 5.60 Å². The second kappa shape index (κ2) is 9.32. The van der Waals surface area contributed by atoms with Gasteiger partial charge in [-0.25, -0.2) is 0 Å². The van der Waals surface area contributed by atoms with Crippen molar-refractivity contribution >= 4 is 17.6 Å². The number of ether oxygens (including phenoxy) is 3. The van der Waals surface area contributed by atoms with Crippen LogP contribution in [0, 0.1) is 0 Å². The fraction of sp³-hybridized carbons (Fsp3) is 0.500. The van der Waals surface area contributed by atoms with Crippen molar-refractivity contribution in [2.45, 2.75) is 57.7 Å². The first kappa shape index (κ1) is 22.9. The monoisotopic (exact) mass is 457 g/mol. The lowest BCUT2D eigenvalue weighted by atomic mass is 9.74. The molecular weight excluding hydrogens is 426 g/mol. The van der Waals surface area contributed by atoms with Gasteiger partial charge in [0, 0.05) is 28.1 Å². The summed E-state index contributed by atoms with van der Waals surface area (Å²) in [6.07, 6.45) is 2.43. The van der Waals surface area contributed by atoms with Crippen molar-refractivity contribution in [2.75, 3.05) is 26.2 Å². The molecule has 1 fully saturated rings. The van der Waals surface area contributed by atoms with Crippen LogP contribution in [-0.4, -0.2) is 42.7 Å². The maximum Gasteiger partial charge on any atom is 0.307 e. The lowest BCUT2D eigenvalue weighted by Gasteiger charge is -2.38. The van der Waals surface area contributed by atoms with Crippen molar-refractivity contribution in [3.05, 3.63) is 58.6 Å². The van der Waals surface area contributed by atoms with Gasteiger partial charge in [-0.05, 0) is 71.0 Å². The second-order valence-corrected chi connectivity index (χ2v) is 10.2. The number of carbonyl (C=O) groups excluding carboxylic acids is 1. The summed E-state index contributed by atoms with van der Waals surface area (Å²) in [5.41, 5.74) is 1.79. The van der Waals surface area contributed by atoms with E-state index in [1.54, 1.807) is 0 Å². The third-order valence-corrected chi connectivity index (χ3v) is 6.61. The molecule has 2 aliphatic rings. The highest BCUT2D eigenvalue weighted by Crippen LogP contribution is 2.46. The first-order valence-electron chi connectivity index (χ1n) is 11.3. The molecule has 0 saturated carbocycles. The van der Waals surface area contributed by atoms with Crippen LogP contribution in [0.5, 0.6) is 11.5 Å². The van der Waals surface area contributed by atoms with Crippen LogP contribution >= 0.6 is 11.6 Å². The molecule has 4 rings (SSSR count). The summed E-state index contributed by atoms with van der Waals surface area (Å²) in [4.78, 5) is 14.4. The Labute approximate surface area is 195 Å². The number of hydrogen-bond acceptors (Lipinski definition) is 5. The quantitative estimate of drug-likeness (QED) is 0.545. The van der Waals surface area contributed by atoms with Gasteiger partial charge in [-0.1, -0.05) is 29.8 Å². The zero-order chi connectivity index (χ0) is 22.8. The van der Waals surface area contributed by atoms with E-state index in [0.29, 0.717) is 24.7 Å². The number of rotatable bonds is 6. The maximum absolute atomic E-state index is 12.0. The fourth-order valence-electron chi connectivity index (χ4n) is 4.47. The van der Waals surface area contributed by atoms with Crippen LogP contribution in [0.25, 0.3) is 0 Å². The summed E-state index contributed by atoms with van der Waals surface area (Å²) in [7, 11) is 0. The molecule has 172 valence electrons. The van der Waals surface area contributed by atoms with Gasteiger partial charge in [-0.15, -0.1) is 0 Å². The first-order valence-corrected chi connectivity index (χ1v) is 11.7. The summed E-state index contributed by atoms with van der Waals surface area (Å²) < 4.78 is 17.5. The zero-order valence-corrected chi connectivity index (χ0v) is 19.9. The van der Waals surface area contributed by atoms with Crippen molar-refractivity contribution in [1.82, 2.24) is 4.90 Å². The Morgan fingerprint density at radius 2 is 1.91 bits per heavy atom. The van der Waals surface area contributed by atoms with E-state index in [2.05, 4.69) is 11.0 Å². The summed E-state index contributed by atoms with van der Waals surface area (Å²) >= 11 is 6.26. The van der Waals surface area contributed by atoms with Crippen molar-refractivity contribution in [1.29, 1.82) is 0 Å². The molecule has 0 aromatic heterocycles. The number of benzene rings is 2. The average Bonchev–Trinajstić information content (AvgIpc) is 3.09. The zero-order valence-electron chi connectivity index (χ0n) is 19.2. The van der Waals surface area contributed by atoms with E-state index in [0.717, 1.165) is 49.5 Å². The molecule has 2 aromatic carbocycles. The number of fused-ring (bicyclic) bond motifs is 2. The molecule has 0 unspecified atom stereocenters. The van der Waals surface area contributed by atoms with Gasteiger partial charge in [-0.3, -0.25) is 4.79 Å². The van der Waals surface area contributed by atoms with Gasteiger partial charge >= 0.3 is 5.97 Å². The van der Waals surface area contributed by atoms with Crippen LogP contribution in [0.4, 0.5) is 0 Å². The normalized spacial score (nSPS) is 17.6. The number of carbonyl (C=O) groups is 1. The Bertz CT molecular complexity index is 961. The number of piperidine rings is 1. The molecule has 5 nitrogen and oxygen atoms in total. The van der Waals surface area contributed by atoms with Gasteiger partial charge in [0.25, 0.3) is 0 Å². The van der Waals surface area contributed by atoms with Crippen molar-refractivity contribution in [3.8, 4) is 11.5 Å². The van der Waals surface area contributed by atoms with E-state index in [1.165, 1.54) is 5.56 Å². The van der Waals surface area contributed by atoms with Crippen LogP contribution in [0.2, 0.25) is 5.02 Å². The summed E-state index contributed by atoms with van der Waals surface area (Å²) in [6, 6.07) is 13.9. The molecule has 2 heterocycles. The van der Waals surface area contributed by atoms with Crippen LogP contribution in [0.3, 0.4) is 0 Å². The van der Waals surface area contributed by atoms with Crippen molar-refractivity contribution in [2.24, 2.45) is 0 Å². The van der Waals surface area contributed by atoms with Crippen molar-refractivity contribution in [3.63, 3.8) is 0 Å². The molecule has 2 aliphatic heterocycles. The smallest absolute Gasteiger partial charge is 0.307 e. The predicted molar refractivity (Wildman–Crippen MR) is 126 cm³/mol. The van der Waals surface area contributed by atoms with Crippen LogP contribution in [0.1, 0.15) is 51.2 Å². The molecular formula is C26H32ClNO4. The van der Waals surface area contributed by atoms with Gasteiger partial charge in [0.1, 0.15) is 23.7 Å². The summed E-state index contributed by atoms with van der Waals surface area (Å²) in [5, 5.41) is 0.715. The lowest BCUT2D eigenvalue weighted by Crippen LogP contribution is -2.44. The van der Waals surface area contributed by atoms with Crippen LogP contribution in [-0.2, 0) is 21.6 Å². The number of esters is 1. The average molecular weight is 458 g/mol. The Hall–Kier alpha value is -2.24. The Morgan fingerprint density at radius 3 is 2.62 bits per heavy atom. The van der Waals surface area contributed by atoms with Gasteiger partial charge in [0.05, 0.1) is 13.0 Å². The fourth-order valence-corrected chi connectivity index (χ4v) is 4.66. The molecule has 0 N–H and O–H groups in total. The molecule has 0 amide bonds. The third-order valence-electron chi connectivity index (χ3n) is 6.24. The van der Waals surface area contributed by atoms with E-state index in [4.69, 9.17) is 25.8 Å². The Balaban J connectivity index is 1.35. The minimum atomic E-state index is -0.431. The van der Waals surface area contributed by atoms with Gasteiger partial charge < -0.3 is 19.1 Å². The number of nitrogens with zero attached hydrogens (tertiary/aromatic N) is 1. The molecule has 6 heteroatoms. The molecule has 0 atom stereocenters. The van der Waals surface area contributed by atoms with Crippen LogP contribution < -0.4 is 9.47 Å². The number of halogens is 1. The maximum atomic E-state index is 12.0. The van der Waals surface area contributed by atoms with E-state index in [9.17, 15) is 4.79 Å². The van der Waals surface area contributed by atoms with Crippen LogP contribution in [0.15, 0.2) is 42.5 Å². The topological polar surface area (TPSA) is 48.0 Å². The summed E-state index contributed by atoms with van der Waals surface area (Å²) in [5.74, 6) is 1.66. The van der Waals surface area contributed by atoms with Gasteiger partial charge in [0.15, 0.2) is 0 Å². The highest BCUT2D eigenvalue weighted by atomic mass is 35.5. The number of likely N-dealkylation sites (tertiary alicyclic amines) is 1. The Kier molecular flexibility index (Phi) is 6.68. The first-order chi connectivity index (χ1) is 15.2. The van der Waals surface area contributed by atoms with E-state index in [-0.39, 0.29) is 11.4 Å². The minimum Gasteiger partial charge on any atom is -0.492 e. The standard InChI is InChI=1S/C26H32ClNO4/c1-25(2,3)32-24(29)10-13-28-14-11-26(12-15-28)18-31-23-9-8-20(16-21(23)26)30-17-19-6-4-5-7-22(19)27/h4-9,16H,10-15,17-18H2,1-3H3. The van der Waals surface area contributed by atoms with E-state index >= 15 is 0 Å². The minimum absolute atomic E-state index is 0.0154. The molecule has 32 heavy (non-hydrogen) atoms. The SMILES string of the molecule is CC(C)(C)OC(=O)CCN1CCC2(CC1)COc1ccc(OCc3ccccc3Cl)cc12. The molecule has 0 radical (unpaired) electrons. The van der Waals surface area contributed by atoms with E-state index in [1.807, 2.05) is 57.2 Å². The lowest BCUT2D eigenvalue weighted by molar-refractivity contribution is -0.155. The summed E-state index contributed by atoms with van der Waals surface area (Å²) in [6.45, 7) is 9.46. The van der Waals surface area contributed by atoms with Gasteiger partial charge in [-0.2, -0.15) is 0 Å². The molecule has 1 saturated heterocycles.